The molecule has 2 aromatic rings. The summed E-state index contributed by atoms with van der Waals surface area (Å²) in [5, 5.41) is 7.78. The first kappa shape index (κ1) is 12.7. The van der Waals surface area contributed by atoms with E-state index in [2.05, 4.69) is 22.1 Å². The summed E-state index contributed by atoms with van der Waals surface area (Å²) in [6.45, 7) is 3.93. The van der Waals surface area contributed by atoms with Crippen LogP contribution in [0.4, 0.5) is 0 Å². The minimum Gasteiger partial charge on any atom is -0.452 e. The van der Waals surface area contributed by atoms with Gasteiger partial charge in [-0.25, -0.2) is 0 Å². The molecule has 0 amide bonds. The van der Waals surface area contributed by atoms with Gasteiger partial charge in [-0.15, -0.1) is 10.2 Å². The van der Waals surface area contributed by atoms with E-state index in [4.69, 9.17) is 4.42 Å². The summed E-state index contributed by atoms with van der Waals surface area (Å²) in [4.78, 5) is 4.27. The van der Waals surface area contributed by atoms with Crippen LogP contribution in [-0.4, -0.2) is 15.2 Å². The van der Waals surface area contributed by atoms with Gasteiger partial charge in [-0.1, -0.05) is 6.92 Å². The van der Waals surface area contributed by atoms with Crippen molar-refractivity contribution in [3.63, 3.8) is 0 Å². The molecule has 0 saturated heterocycles. The van der Waals surface area contributed by atoms with Crippen molar-refractivity contribution in [2.45, 2.75) is 20.3 Å². The molecule has 0 bridgehead atoms. The largest absolute Gasteiger partial charge is 0.452 e. The van der Waals surface area contributed by atoms with E-state index in [0.717, 1.165) is 17.7 Å². The molecule has 0 atom stereocenters. The summed E-state index contributed by atoms with van der Waals surface area (Å²) in [7, 11) is 0. The van der Waals surface area contributed by atoms with Crippen LogP contribution in [0.5, 0.6) is 0 Å². The summed E-state index contributed by atoms with van der Waals surface area (Å²) in [6, 6.07) is 3.91. The van der Waals surface area contributed by atoms with Crippen molar-refractivity contribution < 1.29 is 21.5 Å². The maximum Gasteiger partial charge on any atom is 0.246 e. The quantitative estimate of drug-likeness (QED) is 0.626. The normalized spacial score (nSPS) is 9.62. The molecule has 16 heavy (non-hydrogen) atoms. The summed E-state index contributed by atoms with van der Waals surface area (Å²) in [6.07, 6.45) is 4.45. The Hall–Kier alpha value is -1.32. The Morgan fingerprint density at radius 3 is 2.62 bits per heavy atom. The van der Waals surface area contributed by atoms with Gasteiger partial charge in [0.2, 0.25) is 5.89 Å². The van der Waals surface area contributed by atoms with Crippen molar-refractivity contribution >= 4 is 0 Å². The number of pyridine rings is 1. The number of hydrogen-bond acceptors (Lipinski definition) is 4. The third-order valence-corrected chi connectivity index (χ3v) is 2.12. The molecule has 0 unspecified atom stereocenters. The van der Waals surface area contributed by atoms with Gasteiger partial charge in [0.1, 0.15) is 0 Å². The Morgan fingerprint density at radius 1 is 1.31 bits per heavy atom. The van der Waals surface area contributed by atoms with Gasteiger partial charge in [0.05, 0.1) is 11.5 Å². The zero-order chi connectivity index (χ0) is 10.7. The van der Waals surface area contributed by atoms with Gasteiger partial charge in [0, 0.05) is 29.0 Å². The molecule has 2 rings (SSSR count). The minimum absolute atomic E-state index is 0. The average Bonchev–Trinajstić information content (AvgIpc) is 2.78. The van der Waals surface area contributed by atoms with Crippen LogP contribution in [0.15, 0.2) is 22.7 Å². The Kier molecular flexibility index (Phi) is 4.52. The zero-order valence-corrected chi connectivity index (χ0v) is 10.2. The smallest absolute Gasteiger partial charge is 0.246 e. The van der Waals surface area contributed by atoms with Gasteiger partial charge < -0.3 is 10.8 Å². The standard InChI is InChI=1S/C11H12N3O.Fe/c1-3-9-6-5-8(7-12-9)11-14-13-10(4-2)15-11;/h4-7H,3H2,1-2H3;/q-1;. The fourth-order valence-electron chi connectivity index (χ4n) is 1.23. The molecule has 86 valence electrons. The van der Waals surface area contributed by atoms with E-state index in [9.17, 15) is 0 Å². The van der Waals surface area contributed by atoms with Crippen molar-refractivity contribution in [1.82, 2.24) is 15.2 Å². The molecule has 0 aliphatic carbocycles. The molecule has 0 aromatic carbocycles. The maximum atomic E-state index is 5.37. The molecule has 0 N–H and O–H groups in total. The first-order chi connectivity index (χ1) is 7.33. The number of hydrogen-bond donors (Lipinski definition) is 0. The Morgan fingerprint density at radius 2 is 2.12 bits per heavy atom. The summed E-state index contributed by atoms with van der Waals surface area (Å²) in [5.41, 5.74) is 1.91. The van der Waals surface area contributed by atoms with Crippen LogP contribution in [0.25, 0.3) is 11.5 Å². The molecule has 0 aliphatic heterocycles. The van der Waals surface area contributed by atoms with Crippen LogP contribution in [-0.2, 0) is 23.5 Å². The van der Waals surface area contributed by atoms with Crippen molar-refractivity contribution in [2.75, 3.05) is 0 Å². The van der Waals surface area contributed by atoms with Crippen LogP contribution in [0.3, 0.4) is 0 Å². The number of nitrogens with zero attached hydrogens (tertiary/aromatic N) is 3. The van der Waals surface area contributed by atoms with Gasteiger partial charge in [0.15, 0.2) is 0 Å². The number of aromatic nitrogens is 3. The predicted octanol–water partition coefficient (Wildman–Crippen LogP) is 2.26. The summed E-state index contributed by atoms with van der Waals surface area (Å²) < 4.78 is 5.37. The Labute approximate surface area is 105 Å². The van der Waals surface area contributed by atoms with Gasteiger partial charge in [-0.05, 0) is 18.6 Å². The van der Waals surface area contributed by atoms with Crippen LogP contribution in [0.2, 0.25) is 0 Å². The van der Waals surface area contributed by atoms with E-state index in [1.807, 2.05) is 19.1 Å². The van der Waals surface area contributed by atoms with Crippen molar-refractivity contribution in [2.24, 2.45) is 0 Å². The monoisotopic (exact) mass is 258 g/mol. The van der Waals surface area contributed by atoms with Gasteiger partial charge >= 0.3 is 0 Å². The van der Waals surface area contributed by atoms with E-state index in [1.54, 1.807) is 12.6 Å². The maximum absolute atomic E-state index is 5.37. The third kappa shape index (κ3) is 2.62. The second-order valence-corrected chi connectivity index (χ2v) is 3.13. The van der Waals surface area contributed by atoms with E-state index in [1.165, 1.54) is 0 Å². The molecule has 0 fully saturated rings. The van der Waals surface area contributed by atoms with Crippen molar-refractivity contribution in [3.05, 3.63) is 36.3 Å². The molecular weight excluding hydrogens is 246 g/mol. The minimum atomic E-state index is 0. The SMILES string of the molecule is C[CH-]c1nnc(-c2ccc(CC)nc2)o1.[Fe]. The summed E-state index contributed by atoms with van der Waals surface area (Å²) in [5.74, 6) is 1.04. The zero-order valence-electron chi connectivity index (χ0n) is 9.12. The van der Waals surface area contributed by atoms with Crippen LogP contribution < -0.4 is 0 Å². The van der Waals surface area contributed by atoms with E-state index < -0.39 is 0 Å². The van der Waals surface area contributed by atoms with Crippen LogP contribution in [0, 0.1) is 6.42 Å². The van der Waals surface area contributed by atoms with E-state index >= 15 is 0 Å². The molecule has 0 radical (unpaired) electrons. The first-order valence-electron chi connectivity index (χ1n) is 4.91. The Balaban J connectivity index is 0.00000128. The second-order valence-electron chi connectivity index (χ2n) is 3.13. The van der Waals surface area contributed by atoms with Crippen LogP contribution >= 0.6 is 0 Å². The molecule has 2 aromatic heterocycles. The average molecular weight is 258 g/mol. The molecule has 0 aliphatic rings. The molecule has 4 nitrogen and oxygen atoms in total. The van der Waals surface area contributed by atoms with Gasteiger partial charge in [0.25, 0.3) is 0 Å². The first-order valence-corrected chi connectivity index (χ1v) is 4.91. The molecular formula is C11H12FeN3O-. The molecule has 0 spiro atoms. The van der Waals surface area contributed by atoms with Crippen LogP contribution in [0.1, 0.15) is 25.4 Å². The Bertz CT molecular complexity index is 439. The molecule has 2 heterocycles. The van der Waals surface area contributed by atoms with Crippen molar-refractivity contribution in [1.29, 1.82) is 0 Å². The third-order valence-electron chi connectivity index (χ3n) is 2.12. The molecule has 5 heteroatoms. The van der Waals surface area contributed by atoms with Gasteiger partial charge in [-0.3, -0.25) is 4.98 Å². The predicted molar refractivity (Wildman–Crippen MR) is 56.0 cm³/mol. The molecule has 0 saturated carbocycles. The number of rotatable bonds is 3. The van der Waals surface area contributed by atoms with Crippen molar-refractivity contribution in [3.8, 4) is 11.5 Å². The van der Waals surface area contributed by atoms with E-state index in [0.29, 0.717) is 11.8 Å². The fourth-order valence-corrected chi connectivity index (χ4v) is 1.23. The summed E-state index contributed by atoms with van der Waals surface area (Å²) >= 11 is 0. The second kappa shape index (κ2) is 5.68. The van der Waals surface area contributed by atoms with Gasteiger partial charge in [-0.2, -0.15) is 6.92 Å². The van der Waals surface area contributed by atoms with E-state index in [-0.39, 0.29) is 17.1 Å². The topological polar surface area (TPSA) is 51.8 Å². The number of aryl methyl sites for hydroxylation is 1. The fraction of sp³-hybridized carbons (Fsp3) is 0.273.